The standard InChI is InChI=1S/C16H10ClFN2/c17-14-4-3-12-5-6-20(16(12)8-14)10-13-2-1-11(9-19)7-15(13)18/h1-8H,10H2. The number of nitriles is 1. The quantitative estimate of drug-likeness (QED) is 0.687. The molecule has 0 atom stereocenters. The van der Waals surface area contributed by atoms with Crippen molar-refractivity contribution in [3.63, 3.8) is 0 Å². The van der Waals surface area contributed by atoms with E-state index >= 15 is 0 Å². The van der Waals surface area contributed by atoms with Crippen LogP contribution in [0.1, 0.15) is 11.1 Å². The third kappa shape index (κ3) is 2.26. The van der Waals surface area contributed by atoms with E-state index in [-0.39, 0.29) is 5.82 Å². The molecule has 0 saturated carbocycles. The fourth-order valence-corrected chi connectivity index (χ4v) is 2.39. The van der Waals surface area contributed by atoms with Crippen molar-refractivity contribution in [2.45, 2.75) is 6.54 Å². The lowest BCUT2D eigenvalue weighted by Crippen LogP contribution is -2.00. The molecule has 3 rings (SSSR count). The number of hydrogen-bond acceptors (Lipinski definition) is 1. The predicted molar refractivity (Wildman–Crippen MR) is 77.2 cm³/mol. The molecule has 0 aliphatic rings. The number of rotatable bonds is 2. The molecular formula is C16H10ClFN2. The first-order chi connectivity index (χ1) is 9.67. The van der Waals surface area contributed by atoms with E-state index in [1.165, 1.54) is 6.07 Å². The summed E-state index contributed by atoms with van der Waals surface area (Å²) in [5, 5.41) is 10.5. The van der Waals surface area contributed by atoms with Gasteiger partial charge >= 0.3 is 0 Å². The Morgan fingerprint density at radius 1 is 1.15 bits per heavy atom. The van der Waals surface area contributed by atoms with Gasteiger partial charge < -0.3 is 4.57 Å². The molecule has 0 N–H and O–H groups in total. The van der Waals surface area contributed by atoms with Crippen molar-refractivity contribution in [1.82, 2.24) is 4.57 Å². The van der Waals surface area contributed by atoms with E-state index in [9.17, 15) is 4.39 Å². The minimum Gasteiger partial charge on any atom is -0.343 e. The molecule has 20 heavy (non-hydrogen) atoms. The average Bonchev–Trinajstić information content (AvgIpc) is 2.83. The number of hydrogen-bond donors (Lipinski definition) is 0. The molecule has 2 nitrogen and oxygen atoms in total. The molecule has 1 heterocycles. The van der Waals surface area contributed by atoms with Gasteiger partial charge in [-0.1, -0.05) is 23.7 Å². The molecule has 0 spiro atoms. The Labute approximate surface area is 120 Å². The highest BCUT2D eigenvalue weighted by atomic mass is 35.5. The second kappa shape index (κ2) is 4.99. The van der Waals surface area contributed by atoms with Crippen molar-refractivity contribution in [3.05, 3.63) is 70.6 Å². The predicted octanol–water partition coefficient (Wildman–Crippen LogP) is 4.35. The van der Waals surface area contributed by atoms with E-state index in [1.54, 1.807) is 12.1 Å². The number of halogens is 2. The zero-order valence-electron chi connectivity index (χ0n) is 10.5. The van der Waals surface area contributed by atoms with Crippen LogP contribution >= 0.6 is 11.6 Å². The van der Waals surface area contributed by atoms with Crippen molar-refractivity contribution in [1.29, 1.82) is 5.26 Å². The van der Waals surface area contributed by atoms with Crippen molar-refractivity contribution in [2.75, 3.05) is 0 Å². The van der Waals surface area contributed by atoms with Crippen LogP contribution in [0, 0.1) is 17.1 Å². The monoisotopic (exact) mass is 284 g/mol. The summed E-state index contributed by atoms with van der Waals surface area (Å²) < 4.78 is 15.9. The maximum atomic E-state index is 13.9. The lowest BCUT2D eigenvalue weighted by molar-refractivity contribution is 0.601. The smallest absolute Gasteiger partial charge is 0.129 e. The number of aromatic nitrogens is 1. The summed E-state index contributed by atoms with van der Waals surface area (Å²) in [5.41, 5.74) is 1.83. The van der Waals surface area contributed by atoms with E-state index in [4.69, 9.17) is 16.9 Å². The second-order valence-electron chi connectivity index (χ2n) is 4.56. The Bertz CT molecular complexity index is 830. The van der Waals surface area contributed by atoms with E-state index in [1.807, 2.05) is 41.1 Å². The first-order valence-corrected chi connectivity index (χ1v) is 6.48. The van der Waals surface area contributed by atoms with Gasteiger partial charge in [-0.15, -0.1) is 0 Å². The summed E-state index contributed by atoms with van der Waals surface area (Å²) in [6.45, 7) is 0.404. The van der Waals surface area contributed by atoms with Gasteiger partial charge in [-0.25, -0.2) is 4.39 Å². The molecule has 0 amide bonds. The van der Waals surface area contributed by atoms with Crippen LogP contribution in [0.2, 0.25) is 5.02 Å². The topological polar surface area (TPSA) is 28.7 Å². The molecule has 0 bridgehead atoms. The van der Waals surface area contributed by atoms with Gasteiger partial charge in [-0.2, -0.15) is 5.26 Å². The number of benzene rings is 2. The molecule has 0 radical (unpaired) electrons. The third-order valence-corrected chi connectivity index (χ3v) is 3.49. The minimum atomic E-state index is -0.368. The Kier molecular flexibility index (Phi) is 3.17. The fourth-order valence-electron chi connectivity index (χ4n) is 2.22. The molecule has 0 aliphatic carbocycles. The van der Waals surface area contributed by atoms with Crippen LogP contribution in [0.4, 0.5) is 4.39 Å². The van der Waals surface area contributed by atoms with Crippen LogP contribution in [0.3, 0.4) is 0 Å². The minimum absolute atomic E-state index is 0.326. The summed E-state index contributed by atoms with van der Waals surface area (Å²) in [7, 11) is 0. The number of nitrogens with zero attached hydrogens (tertiary/aromatic N) is 2. The zero-order valence-corrected chi connectivity index (χ0v) is 11.2. The van der Waals surface area contributed by atoms with Crippen molar-refractivity contribution in [3.8, 4) is 6.07 Å². The van der Waals surface area contributed by atoms with Gasteiger partial charge in [0.25, 0.3) is 0 Å². The normalized spacial score (nSPS) is 10.7. The highest BCUT2D eigenvalue weighted by Gasteiger charge is 2.07. The molecule has 2 aromatic carbocycles. The van der Waals surface area contributed by atoms with Crippen molar-refractivity contribution < 1.29 is 4.39 Å². The lowest BCUT2D eigenvalue weighted by atomic mass is 10.1. The van der Waals surface area contributed by atoms with Gasteiger partial charge in [0, 0.05) is 22.3 Å². The molecule has 1 aromatic heterocycles. The van der Waals surface area contributed by atoms with Crippen LogP contribution in [-0.2, 0) is 6.54 Å². The molecule has 0 aliphatic heterocycles. The van der Waals surface area contributed by atoms with Crippen LogP contribution in [0.5, 0.6) is 0 Å². The Hall–Kier alpha value is -2.31. The Balaban J connectivity index is 2.01. The van der Waals surface area contributed by atoms with Gasteiger partial charge in [-0.3, -0.25) is 0 Å². The molecular weight excluding hydrogens is 275 g/mol. The molecule has 4 heteroatoms. The van der Waals surface area contributed by atoms with Gasteiger partial charge in [0.2, 0.25) is 0 Å². The van der Waals surface area contributed by atoms with Crippen LogP contribution < -0.4 is 0 Å². The fraction of sp³-hybridized carbons (Fsp3) is 0.0625. The molecule has 98 valence electrons. The summed E-state index contributed by atoms with van der Waals surface area (Å²) in [6, 6.07) is 14.0. The first-order valence-electron chi connectivity index (χ1n) is 6.10. The van der Waals surface area contributed by atoms with Crippen LogP contribution in [-0.4, -0.2) is 4.57 Å². The second-order valence-corrected chi connectivity index (χ2v) is 5.00. The summed E-state index contributed by atoms with van der Waals surface area (Å²) in [4.78, 5) is 0. The molecule has 0 fully saturated rings. The summed E-state index contributed by atoms with van der Waals surface area (Å²) in [6.07, 6.45) is 1.90. The van der Waals surface area contributed by atoms with E-state index in [0.29, 0.717) is 22.7 Å². The highest BCUT2D eigenvalue weighted by molar-refractivity contribution is 6.31. The number of fused-ring (bicyclic) bond motifs is 1. The van der Waals surface area contributed by atoms with Crippen molar-refractivity contribution >= 4 is 22.5 Å². The van der Waals surface area contributed by atoms with Crippen LogP contribution in [0.15, 0.2) is 48.7 Å². The Morgan fingerprint density at radius 3 is 2.75 bits per heavy atom. The SMILES string of the molecule is N#Cc1ccc(Cn2ccc3ccc(Cl)cc32)c(F)c1. The maximum absolute atomic E-state index is 13.9. The largest absolute Gasteiger partial charge is 0.343 e. The first kappa shape index (κ1) is 12.7. The molecule has 0 saturated heterocycles. The summed E-state index contributed by atoms with van der Waals surface area (Å²) in [5.74, 6) is -0.368. The maximum Gasteiger partial charge on any atom is 0.129 e. The van der Waals surface area contributed by atoms with Gasteiger partial charge in [-0.05, 0) is 35.7 Å². The van der Waals surface area contributed by atoms with E-state index in [0.717, 1.165) is 10.9 Å². The zero-order chi connectivity index (χ0) is 14.1. The van der Waals surface area contributed by atoms with Crippen molar-refractivity contribution in [2.24, 2.45) is 0 Å². The van der Waals surface area contributed by atoms with Gasteiger partial charge in [0.1, 0.15) is 5.82 Å². The Morgan fingerprint density at radius 2 is 2.00 bits per heavy atom. The average molecular weight is 285 g/mol. The summed E-state index contributed by atoms with van der Waals surface area (Å²) >= 11 is 6.00. The molecule has 3 aromatic rings. The highest BCUT2D eigenvalue weighted by Crippen LogP contribution is 2.22. The van der Waals surface area contributed by atoms with E-state index in [2.05, 4.69) is 0 Å². The van der Waals surface area contributed by atoms with Gasteiger partial charge in [0.05, 0.1) is 18.2 Å². The third-order valence-electron chi connectivity index (χ3n) is 3.26. The molecule has 0 unspecified atom stereocenters. The van der Waals surface area contributed by atoms with E-state index < -0.39 is 0 Å². The lowest BCUT2D eigenvalue weighted by Gasteiger charge is -2.07. The van der Waals surface area contributed by atoms with Gasteiger partial charge in [0.15, 0.2) is 0 Å². The van der Waals surface area contributed by atoms with Crippen LogP contribution in [0.25, 0.3) is 10.9 Å².